The van der Waals surface area contributed by atoms with Crippen molar-refractivity contribution in [3.63, 3.8) is 0 Å². The second kappa shape index (κ2) is 7.50. The van der Waals surface area contributed by atoms with Gasteiger partial charge in [-0.05, 0) is 49.2 Å². The summed E-state index contributed by atoms with van der Waals surface area (Å²) in [4.78, 5) is 23.3. The number of carbonyl (C=O) groups excluding carboxylic acids is 2. The van der Waals surface area contributed by atoms with Crippen molar-refractivity contribution in [1.29, 1.82) is 0 Å². The lowest BCUT2D eigenvalue weighted by Gasteiger charge is -2.12. The van der Waals surface area contributed by atoms with Gasteiger partial charge >= 0.3 is 5.97 Å². The Labute approximate surface area is 140 Å². The lowest BCUT2D eigenvalue weighted by atomic mass is 10.1. The van der Waals surface area contributed by atoms with Crippen molar-refractivity contribution >= 4 is 17.6 Å². The number of nitrogens with one attached hydrogen (secondary N) is 1. The van der Waals surface area contributed by atoms with E-state index in [9.17, 15) is 14.7 Å². The van der Waals surface area contributed by atoms with Crippen LogP contribution in [0.3, 0.4) is 0 Å². The molecular weight excluding hydrogens is 310 g/mol. The molecule has 0 fully saturated rings. The van der Waals surface area contributed by atoms with Crippen LogP contribution in [0.2, 0.25) is 0 Å². The minimum absolute atomic E-state index is 0.192. The van der Waals surface area contributed by atoms with Gasteiger partial charge in [0.2, 0.25) is 0 Å². The number of phenolic OH excluding ortho intramolecular Hbond substituents is 1. The quantitative estimate of drug-likeness (QED) is 0.651. The Hall–Kier alpha value is -3.02. The summed E-state index contributed by atoms with van der Waals surface area (Å²) in [5.74, 6) is -0.577. The number of carbonyl (C=O) groups is 2. The molecule has 0 bridgehead atoms. The van der Waals surface area contributed by atoms with Crippen LogP contribution in [0.5, 0.6) is 11.5 Å². The van der Waals surface area contributed by atoms with E-state index in [0.29, 0.717) is 5.75 Å². The van der Waals surface area contributed by atoms with Crippen LogP contribution < -0.4 is 10.1 Å². The van der Waals surface area contributed by atoms with Crippen molar-refractivity contribution in [2.45, 2.75) is 13.8 Å². The van der Waals surface area contributed by atoms with Gasteiger partial charge in [0.1, 0.15) is 11.5 Å². The number of aryl methyl sites for hydroxylation is 1. The molecule has 0 aliphatic rings. The van der Waals surface area contributed by atoms with Crippen LogP contribution in [0.4, 0.5) is 5.69 Å². The standard InChI is InChI=1S/C18H19NO5/c1-11-5-4-6-16(12(11)2)24-10-17(21)19-14-8-7-13(9-15(14)20)18(22)23-3/h4-9,20H,10H2,1-3H3,(H,19,21). The average molecular weight is 329 g/mol. The van der Waals surface area contributed by atoms with Gasteiger partial charge in [-0.1, -0.05) is 12.1 Å². The monoisotopic (exact) mass is 329 g/mol. The zero-order chi connectivity index (χ0) is 17.7. The van der Waals surface area contributed by atoms with Crippen LogP contribution in [-0.4, -0.2) is 30.7 Å². The van der Waals surface area contributed by atoms with Gasteiger partial charge in [0.25, 0.3) is 5.91 Å². The summed E-state index contributed by atoms with van der Waals surface area (Å²) in [6.07, 6.45) is 0. The van der Waals surface area contributed by atoms with Crippen molar-refractivity contribution in [3.05, 3.63) is 53.1 Å². The van der Waals surface area contributed by atoms with Crippen LogP contribution in [-0.2, 0) is 9.53 Å². The number of esters is 1. The number of phenols is 1. The smallest absolute Gasteiger partial charge is 0.337 e. The Bertz CT molecular complexity index is 770. The van der Waals surface area contributed by atoms with E-state index in [0.717, 1.165) is 11.1 Å². The first-order valence-corrected chi connectivity index (χ1v) is 7.32. The number of benzene rings is 2. The molecule has 126 valence electrons. The molecule has 0 heterocycles. The second-order valence-electron chi connectivity index (χ2n) is 5.26. The van der Waals surface area contributed by atoms with E-state index < -0.39 is 11.9 Å². The first-order valence-electron chi connectivity index (χ1n) is 7.32. The third-order valence-electron chi connectivity index (χ3n) is 3.61. The molecule has 0 saturated heterocycles. The van der Waals surface area contributed by atoms with E-state index in [-0.39, 0.29) is 23.6 Å². The maximum absolute atomic E-state index is 12.0. The first kappa shape index (κ1) is 17.3. The lowest BCUT2D eigenvalue weighted by molar-refractivity contribution is -0.118. The molecule has 24 heavy (non-hydrogen) atoms. The van der Waals surface area contributed by atoms with Crippen LogP contribution in [0.1, 0.15) is 21.5 Å². The minimum Gasteiger partial charge on any atom is -0.506 e. The average Bonchev–Trinajstić information content (AvgIpc) is 2.57. The van der Waals surface area contributed by atoms with Crippen molar-refractivity contribution in [3.8, 4) is 11.5 Å². The topological polar surface area (TPSA) is 84.9 Å². The fraction of sp³-hybridized carbons (Fsp3) is 0.222. The predicted octanol–water partition coefficient (Wildman–Crippen LogP) is 2.81. The maximum Gasteiger partial charge on any atom is 0.337 e. The molecule has 0 aromatic heterocycles. The van der Waals surface area contributed by atoms with Gasteiger partial charge in [0.15, 0.2) is 6.61 Å². The summed E-state index contributed by atoms with van der Waals surface area (Å²) in [7, 11) is 1.25. The third-order valence-corrected chi connectivity index (χ3v) is 3.61. The fourth-order valence-corrected chi connectivity index (χ4v) is 2.09. The molecule has 0 aliphatic carbocycles. The van der Waals surface area contributed by atoms with Gasteiger partial charge in [-0.15, -0.1) is 0 Å². The van der Waals surface area contributed by atoms with E-state index in [1.165, 1.54) is 25.3 Å². The molecule has 1 amide bonds. The Balaban J connectivity index is 2.00. The number of ether oxygens (including phenoxy) is 2. The molecule has 0 spiro atoms. The highest BCUT2D eigenvalue weighted by Crippen LogP contribution is 2.25. The Kier molecular flexibility index (Phi) is 5.42. The molecule has 6 heteroatoms. The van der Waals surface area contributed by atoms with Crippen LogP contribution in [0.25, 0.3) is 0 Å². The van der Waals surface area contributed by atoms with Crippen molar-refractivity contribution in [2.75, 3.05) is 19.0 Å². The van der Waals surface area contributed by atoms with Gasteiger partial charge < -0.3 is 19.9 Å². The molecule has 0 unspecified atom stereocenters. The molecule has 0 aliphatic heterocycles. The molecule has 2 rings (SSSR count). The van der Waals surface area contributed by atoms with Crippen LogP contribution in [0, 0.1) is 13.8 Å². The number of hydrogen-bond acceptors (Lipinski definition) is 5. The number of hydrogen-bond donors (Lipinski definition) is 2. The molecule has 0 atom stereocenters. The Morgan fingerprint density at radius 1 is 1.17 bits per heavy atom. The zero-order valence-corrected chi connectivity index (χ0v) is 13.8. The highest BCUT2D eigenvalue weighted by atomic mass is 16.5. The van der Waals surface area contributed by atoms with Crippen molar-refractivity contribution in [1.82, 2.24) is 0 Å². The van der Waals surface area contributed by atoms with Gasteiger partial charge in [-0.25, -0.2) is 4.79 Å². The molecule has 2 aromatic carbocycles. The molecule has 2 aromatic rings. The number of methoxy groups -OCH3 is 1. The molecule has 0 radical (unpaired) electrons. The largest absolute Gasteiger partial charge is 0.506 e. The summed E-state index contributed by atoms with van der Waals surface area (Å²) in [6, 6.07) is 9.71. The SMILES string of the molecule is COC(=O)c1ccc(NC(=O)COc2cccc(C)c2C)c(O)c1. The van der Waals surface area contributed by atoms with Crippen LogP contribution in [0.15, 0.2) is 36.4 Å². The van der Waals surface area contributed by atoms with Gasteiger partial charge in [-0.2, -0.15) is 0 Å². The van der Waals surface area contributed by atoms with Gasteiger partial charge in [0, 0.05) is 0 Å². The summed E-state index contributed by atoms with van der Waals surface area (Å²) < 4.78 is 10.1. The summed E-state index contributed by atoms with van der Waals surface area (Å²) in [6.45, 7) is 3.69. The maximum atomic E-state index is 12.0. The highest BCUT2D eigenvalue weighted by Gasteiger charge is 2.12. The van der Waals surface area contributed by atoms with Gasteiger partial charge in [0.05, 0.1) is 18.4 Å². The minimum atomic E-state index is -0.568. The normalized spacial score (nSPS) is 10.1. The number of amides is 1. The number of anilines is 1. The Morgan fingerprint density at radius 2 is 1.92 bits per heavy atom. The molecule has 2 N–H and O–H groups in total. The molecule has 0 saturated carbocycles. The number of rotatable bonds is 5. The first-order chi connectivity index (χ1) is 11.4. The van der Waals surface area contributed by atoms with E-state index in [1.54, 1.807) is 6.07 Å². The zero-order valence-electron chi connectivity index (χ0n) is 13.8. The number of aromatic hydroxyl groups is 1. The third kappa shape index (κ3) is 4.04. The summed E-state index contributed by atoms with van der Waals surface area (Å²) in [5, 5.41) is 12.4. The van der Waals surface area contributed by atoms with Crippen molar-refractivity contribution < 1.29 is 24.2 Å². The fourth-order valence-electron chi connectivity index (χ4n) is 2.09. The van der Waals surface area contributed by atoms with E-state index in [4.69, 9.17) is 4.74 Å². The summed E-state index contributed by atoms with van der Waals surface area (Å²) >= 11 is 0. The lowest BCUT2D eigenvalue weighted by Crippen LogP contribution is -2.20. The van der Waals surface area contributed by atoms with Gasteiger partial charge in [-0.3, -0.25) is 4.79 Å². The molecular formula is C18H19NO5. The van der Waals surface area contributed by atoms with Crippen LogP contribution >= 0.6 is 0 Å². The van der Waals surface area contributed by atoms with E-state index >= 15 is 0 Å². The Morgan fingerprint density at radius 3 is 2.58 bits per heavy atom. The van der Waals surface area contributed by atoms with E-state index in [1.807, 2.05) is 26.0 Å². The second-order valence-corrected chi connectivity index (χ2v) is 5.26. The predicted molar refractivity (Wildman–Crippen MR) is 89.5 cm³/mol. The molecule has 6 nitrogen and oxygen atoms in total. The van der Waals surface area contributed by atoms with Crippen molar-refractivity contribution in [2.24, 2.45) is 0 Å². The summed E-state index contributed by atoms with van der Waals surface area (Å²) in [5.41, 5.74) is 2.43. The highest BCUT2D eigenvalue weighted by molar-refractivity contribution is 5.95. The van der Waals surface area contributed by atoms with E-state index in [2.05, 4.69) is 10.1 Å².